The molecule has 24 heavy (non-hydrogen) atoms. The zero-order valence-corrected chi connectivity index (χ0v) is 12.8. The van der Waals surface area contributed by atoms with E-state index in [1.165, 1.54) is 12.1 Å². The van der Waals surface area contributed by atoms with E-state index in [4.69, 9.17) is 0 Å². The fourth-order valence-corrected chi connectivity index (χ4v) is 2.56. The van der Waals surface area contributed by atoms with Gasteiger partial charge in [-0.25, -0.2) is 0 Å². The van der Waals surface area contributed by atoms with Gasteiger partial charge in [0.05, 0.1) is 11.3 Å². The van der Waals surface area contributed by atoms with Crippen LogP contribution in [0.1, 0.15) is 16.8 Å². The second-order valence-electron chi connectivity index (χ2n) is 5.35. The van der Waals surface area contributed by atoms with E-state index in [9.17, 15) is 13.2 Å². The van der Waals surface area contributed by atoms with Gasteiger partial charge in [-0.3, -0.25) is 4.98 Å². The highest BCUT2D eigenvalue weighted by Gasteiger charge is 2.33. The molecule has 6 heteroatoms. The maximum Gasteiger partial charge on any atom is 0.418 e. The van der Waals surface area contributed by atoms with Crippen LogP contribution in [0.2, 0.25) is 0 Å². The zero-order chi connectivity index (χ0) is 17.0. The van der Waals surface area contributed by atoms with Crippen LogP contribution in [0.5, 0.6) is 0 Å². The Kier molecular flexibility index (Phi) is 4.66. The summed E-state index contributed by atoms with van der Waals surface area (Å²) in [4.78, 5) is 4.03. The minimum atomic E-state index is -4.39. The van der Waals surface area contributed by atoms with Crippen molar-refractivity contribution in [3.8, 4) is 5.69 Å². The lowest BCUT2D eigenvalue weighted by molar-refractivity contribution is -0.137. The molecule has 3 nitrogen and oxygen atoms in total. The molecule has 1 aromatic carbocycles. The molecule has 0 saturated carbocycles. The molecule has 0 radical (unpaired) electrons. The van der Waals surface area contributed by atoms with Crippen molar-refractivity contribution in [2.45, 2.75) is 19.3 Å². The van der Waals surface area contributed by atoms with Gasteiger partial charge in [0.25, 0.3) is 0 Å². The molecule has 0 amide bonds. The quantitative estimate of drug-likeness (QED) is 0.760. The normalized spacial score (nSPS) is 11.6. The van der Waals surface area contributed by atoms with Gasteiger partial charge in [0.2, 0.25) is 0 Å². The Hall–Kier alpha value is -2.60. The van der Waals surface area contributed by atoms with Crippen LogP contribution in [-0.4, -0.2) is 9.55 Å². The van der Waals surface area contributed by atoms with E-state index < -0.39 is 11.7 Å². The number of rotatable bonds is 5. The average Bonchev–Trinajstić information content (AvgIpc) is 3.03. The molecule has 0 aliphatic rings. The van der Waals surface area contributed by atoms with Crippen LogP contribution < -0.4 is 5.32 Å². The largest absolute Gasteiger partial charge is 0.418 e. The zero-order valence-electron chi connectivity index (χ0n) is 12.8. The Bertz CT molecular complexity index is 795. The summed E-state index contributed by atoms with van der Waals surface area (Å²) in [5.74, 6) is 0. The summed E-state index contributed by atoms with van der Waals surface area (Å²) in [6.07, 6.45) is 0.709. The minimum absolute atomic E-state index is 0.133. The first kappa shape index (κ1) is 16.3. The molecule has 3 rings (SSSR count). The molecule has 0 bridgehead atoms. The van der Waals surface area contributed by atoms with E-state index >= 15 is 0 Å². The van der Waals surface area contributed by atoms with Crippen LogP contribution in [0.4, 0.5) is 13.2 Å². The van der Waals surface area contributed by atoms with Gasteiger partial charge in [0, 0.05) is 37.4 Å². The molecule has 1 N–H and O–H groups in total. The number of hydrogen-bond donors (Lipinski definition) is 1. The van der Waals surface area contributed by atoms with Crippen molar-refractivity contribution in [3.05, 3.63) is 83.9 Å². The third-order valence-corrected chi connectivity index (χ3v) is 3.66. The number of nitrogens with zero attached hydrogens (tertiary/aromatic N) is 2. The molecule has 0 spiro atoms. The fraction of sp³-hybridized carbons (Fsp3) is 0.167. The number of hydrogen-bond acceptors (Lipinski definition) is 2. The van der Waals surface area contributed by atoms with Crippen molar-refractivity contribution in [3.63, 3.8) is 0 Å². The van der Waals surface area contributed by atoms with Crippen LogP contribution in [0.25, 0.3) is 5.69 Å². The molecule has 3 aromatic rings. The van der Waals surface area contributed by atoms with Crippen LogP contribution in [0, 0.1) is 0 Å². The molecular weight excluding hydrogens is 315 g/mol. The summed E-state index contributed by atoms with van der Waals surface area (Å²) in [6.45, 7) is 1.05. The SMILES string of the molecule is FC(F)(F)c1ccccc1-n1cccc1CNCc1cccnc1. The Morgan fingerprint density at radius 2 is 1.79 bits per heavy atom. The summed E-state index contributed by atoms with van der Waals surface area (Å²) in [5, 5.41) is 3.23. The van der Waals surface area contributed by atoms with E-state index in [2.05, 4.69) is 10.3 Å². The number of halogens is 3. The van der Waals surface area contributed by atoms with Gasteiger partial charge < -0.3 is 9.88 Å². The molecule has 0 fully saturated rings. The van der Waals surface area contributed by atoms with E-state index in [-0.39, 0.29) is 5.69 Å². The van der Waals surface area contributed by atoms with Crippen LogP contribution >= 0.6 is 0 Å². The van der Waals surface area contributed by atoms with Gasteiger partial charge in [-0.05, 0) is 35.9 Å². The highest BCUT2D eigenvalue weighted by Crippen LogP contribution is 2.34. The number of para-hydroxylation sites is 1. The highest BCUT2D eigenvalue weighted by molar-refractivity contribution is 5.44. The minimum Gasteiger partial charge on any atom is -0.319 e. The van der Waals surface area contributed by atoms with Gasteiger partial charge in [0.15, 0.2) is 0 Å². The second kappa shape index (κ2) is 6.88. The standard InChI is InChI=1S/C18H16F3N3/c19-18(20,21)16-7-1-2-8-17(16)24-10-4-6-15(24)13-23-12-14-5-3-9-22-11-14/h1-11,23H,12-13H2. The Labute approximate surface area is 137 Å². The van der Waals surface area contributed by atoms with E-state index in [0.717, 1.165) is 17.3 Å². The first-order chi connectivity index (χ1) is 11.6. The first-order valence-electron chi connectivity index (χ1n) is 7.48. The van der Waals surface area contributed by atoms with E-state index in [1.54, 1.807) is 35.3 Å². The Morgan fingerprint density at radius 3 is 2.54 bits per heavy atom. The summed E-state index contributed by atoms with van der Waals surface area (Å²) < 4.78 is 41.2. The number of pyridine rings is 1. The first-order valence-corrected chi connectivity index (χ1v) is 7.48. The van der Waals surface area contributed by atoms with Crippen LogP contribution in [0.3, 0.4) is 0 Å². The Morgan fingerprint density at radius 1 is 0.958 bits per heavy atom. The van der Waals surface area contributed by atoms with Crippen molar-refractivity contribution >= 4 is 0 Å². The highest BCUT2D eigenvalue weighted by atomic mass is 19.4. The number of aromatic nitrogens is 2. The summed E-state index contributed by atoms with van der Waals surface area (Å²) in [5.41, 5.74) is 1.27. The van der Waals surface area contributed by atoms with Crippen molar-refractivity contribution < 1.29 is 13.2 Å². The predicted molar refractivity (Wildman–Crippen MR) is 85.6 cm³/mol. The van der Waals surface area contributed by atoms with Crippen molar-refractivity contribution in [1.82, 2.24) is 14.9 Å². The van der Waals surface area contributed by atoms with Gasteiger partial charge in [-0.15, -0.1) is 0 Å². The Balaban J connectivity index is 1.79. The van der Waals surface area contributed by atoms with Crippen molar-refractivity contribution in [2.24, 2.45) is 0 Å². The lowest BCUT2D eigenvalue weighted by Crippen LogP contribution is -2.17. The summed E-state index contributed by atoms with van der Waals surface area (Å²) in [7, 11) is 0. The fourth-order valence-electron chi connectivity index (χ4n) is 2.56. The molecule has 0 saturated heterocycles. The van der Waals surface area contributed by atoms with Crippen LogP contribution in [-0.2, 0) is 19.3 Å². The average molecular weight is 331 g/mol. The number of alkyl halides is 3. The monoisotopic (exact) mass is 331 g/mol. The molecule has 0 aliphatic carbocycles. The van der Waals surface area contributed by atoms with Gasteiger partial charge in [0.1, 0.15) is 0 Å². The number of nitrogens with one attached hydrogen (secondary N) is 1. The van der Waals surface area contributed by atoms with Crippen molar-refractivity contribution in [2.75, 3.05) is 0 Å². The molecule has 2 heterocycles. The molecule has 0 aliphatic heterocycles. The lowest BCUT2D eigenvalue weighted by Gasteiger charge is -2.16. The third-order valence-electron chi connectivity index (χ3n) is 3.66. The van der Waals surface area contributed by atoms with Gasteiger partial charge in [-0.1, -0.05) is 18.2 Å². The molecule has 0 atom stereocenters. The molecule has 124 valence electrons. The summed E-state index contributed by atoms with van der Waals surface area (Å²) >= 11 is 0. The van der Waals surface area contributed by atoms with Crippen LogP contribution in [0.15, 0.2) is 67.1 Å². The topological polar surface area (TPSA) is 29.9 Å². The molecular formula is C18H16F3N3. The second-order valence-corrected chi connectivity index (χ2v) is 5.35. The van der Waals surface area contributed by atoms with E-state index in [1.807, 2.05) is 18.2 Å². The maximum atomic E-state index is 13.2. The van der Waals surface area contributed by atoms with Gasteiger partial charge in [-0.2, -0.15) is 13.2 Å². The summed E-state index contributed by atoms with van der Waals surface area (Å²) in [6, 6.07) is 12.9. The predicted octanol–water partition coefficient (Wildman–Crippen LogP) is 4.18. The number of benzene rings is 1. The third kappa shape index (κ3) is 3.65. The smallest absolute Gasteiger partial charge is 0.319 e. The van der Waals surface area contributed by atoms with E-state index in [0.29, 0.717) is 13.1 Å². The maximum absolute atomic E-state index is 13.2. The molecule has 0 unspecified atom stereocenters. The van der Waals surface area contributed by atoms with Crippen molar-refractivity contribution in [1.29, 1.82) is 0 Å². The lowest BCUT2D eigenvalue weighted by atomic mass is 10.1. The molecule has 2 aromatic heterocycles. The van der Waals surface area contributed by atoms with Gasteiger partial charge >= 0.3 is 6.18 Å².